The minimum atomic E-state index is -1.89. The molecule has 0 aromatic heterocycles. The lowest BCUT2D eigenvalue weighted by atomic mass is 9.86. The van der Waals surface area contributed by atoms with E-state index in [1.807, 2.05) is 137 Å². The first-order valence-electron chi connectivity index (χ1n) is 30.8. The fourth-order valence-electron chi connectivity index (χ4n) is 10.6. The first kappa shape index (κ1) is 70.7. The molecule has 0 saturated carbocycles. The Morgan fingerprint density at radius 1 is 0.432 bits per heavy atom. The number of rotatable bonds is 36. The standard InChI is InChI=1S/C66H94N12O10/c1-43(2)37-53(75-61(83)55(41-47-25-13-7-14-26-47)73-57(79)49(69)39-45-21-9-5-10-22-45)59(81)71-51(29-17-19-33-67)63(85)77-66(65(87)88)31-35-78(36-32-66)64(86)52(30-18-20-34-68)72-60(82)54(38-44(3)4)76-62(84)56(42-48-27-15-8-16-28-48)74-58(80)50(70)40-46-23-11-6-12-24-46/h5-16,21-28,43-44,49-56H,17-20,29-42,67-70H2,1-4H3,(H,71,81)(H,72,82)(H,73,79)(H,74,80)(H,75,83)(H,76,84)(H,77,85)(H,87,88)/t49-,50-,51-,52-,53-,54-,55-,56-/m1/s1. The van der Waals surface area contributed by atoms with Crippen LogP contribution in [0.4, 0.5) is 0 Å². The second-order valence-corrected chi connectivity index (χ2v) is 23.9. The smallest absolute Gasteiger partial charge is 0.329 e. The van der Waals surface area contributed by atoms with E-state index in [1.165, 1.54) is 4.90 Å². The monoisotopic (exact) mass is 1210 g/mol. The molecule has 22 heteroatoms. The Morgan fingerprint density at radius 3 is 1.10 bits per heavy atom. The van der Waals surface area contributed by atoms with Crippen LogP contribution in [0.15, 0.2) is 121 Å². The summed E-state index contributed by atoms with van der Waals surface area (Å²) < 4.78 is 0. The summed E-state index contributed by atoms with van der Waals surface area (Å²) in [5, 5.41) is 30.5. The van der Waals surface area contributed by atoms with Crippen molar-refractivity contribution in [2.24, 2.45) is 34.8 Å². The van der Waals surface area contributed by atoms with Crippen LogP contribution in [0, 0.1) is 11.8 Å². The van der Waals surface area contributed by atoms with Crippen molar-refractivity contribution in [3.05, 3.63) is 144 Å². The van der Waals surface area contributed by atoms with Crippen LogP contribution in [0.1, 0.15) is 114 Å². The lowest BCUT2D eigenvalue weighted by Crippen LogP contribution is -2.65. The van der Waals surface area contributed by atoms with Crippen LogP contribution in [0.2, 0.25) is 0 Å². The molecular formula is C66H94N12O10. The van der Waals surface area contributed by atoms with E-state index in [0.29, 0.717) is 32.2 Å². The summed E-state index contributed by atoms with van der Waals surface area (Å²) in [7, 11) is 0. The average molecular weight is 1220 g/mol. The number of aliphatic carboxylic acids is 1. The number of likely N-dealkylation sites (tertiary alicyclic amines) is 1. The largest absolute Gasteiger partial charge is 0.480 e. The zero-order valence-electron chi connectivity index (χ0n) is 51.4. The minimum Gasteiger partial charge on any atom is -0.480 e. The van der Waals surface area contributed by atoms with Crippen LogP contribution in [-0.4, -0.2) is 143 Å². The Labute approximate surface area is 517 Å². The maximum atomic E-state index is 14.6. The van der Waals surface area contributed by atoms with Gasteiger partial charge >= 0.3 is 5.97 Å². The van der Waals surface area contributed by atoms with E-state index in [1.54, 1.807) is 12.1 Å². The molecule has 88 heavy (non-hydrogen) atoms. The maximum absolute atomic E-state index is 14.6. The van der Waals surface area contributed by atoms with Gasteiger partial charge in [-0.25, -0.2) is 4.79 Å². The molecule has 1 fully saturated rings. The number of unbranched alkanes of at least 4 members (excludes halogenated alkanes) is 2. The molecule has 5 rings (SSSR count). The molecular weight excluding hydrogens is 1120 g/mol. The molecule has 0 aliphatic carbocycles. The Morgan fingerprint density at radius 2 is 0.750 bits per heavy atom. The van der Waals surface area contributed by atoms with Gasteiger partial charge in [-0.15, -0.1) is 0 Å². The molecule has 1 aliphatic rings. The predicted octanol–water partition coefficient (Wildman–Crippen LogP) is 2.43. The van der Waals surface area contributed by atoms with E-state index in [-0.39, 0.29) is 95.7 Å². The molecule has 22 nitrogen and oxygen atoms in total. The lowest BCUT2D eigenvalue weighted by Gasteiger charge is -2.41. The number of nitrogens with one attached hydrogen (secondary N) is 7. The first-order valence-corrected chi connectivity index (χ1v) is 30.8. The van der Waals surface area contributed by atoms with E-state index in [4.69, 9.17) is 22.9 Å². The molecule has 8 atom stereocenters. The van der Waals surface area contributed by atoms with Gasteiger partial charge in [-0.05, 0) is 124 Å². The highest BCUT2D eigenvalue weighted by Crippen LogP contribution is 2.25. The van der Waals surface area contributed by atoms with Crippen LogP contribution in [0.3, 0.4) is 0 Å². The van der Waals surface area contributed by atoms with Gasteiger partial charge in [0.05, 0.1) is 12.1 Å². The van der Waals surface area contributed by atoms with E-state index in [9.17, 15) is 48.3 Å². The maximum Gasteiger partial charge on any atom is 0.329 e. The van der Waals surface area contributed by atoms with Gasteiger partial charge in [0.2, 0.25) is 47.3 Å². The number of carbonyl (C=O) groups excluding carboxylic acids is 8. The van der Waals surface area contributed by atoms with Crippen LogP contribution in [0.25, 0.3) is 0 Å². The second kappa shape index (κ2) is 36.3. The van der Waals surface area contributed by atoms with Crippen molar-refractivity contribution < 1.29 is 48.3 Å². The highest BCUT2D eigenvalue weighted by atomic mass is 16.4. The number of hydrogen-bond donors (Lipinski definition) is 12. The van der Waals surface area contributed by atoms with Crippen molar-refractivity contribution in [2.45, 2.75) is 171 Å². The molecule has 0 spiro atoms. The van der Waals surface area contributed by atoms with E-state index < -0.39 is 107 Å². The number of benzene rings is 4. The van der Waals surface area contributed by atoms with Crippen molar-refractivity contribution in [2.75, 3.05) is 26.2 Å². The molecule has 8 amide bonds. The van der Waals surface area contributed by atoms with Gasteiger partial charge in [-0.3, -0.25) is 38.4 Å². The van der Waals surface area contributed by atoms with Gasteiger partial charge < -0.3 is 70.2 Å². The summed E-state index contributed by atoms with van der Waals surface area (Å²) in [4.78, 5) is 128. The number of carboxylic acid groups (broad SMARTS) is 1. The normalized spacial score (nSPS) is 15.6. The summed E-state index contributed by atoms with van der Waals surface area (Å²) in [6, 6.07) is 27.6. The Balaban J connectivity index is 1.29. The summed E-state index contributed by atoms with van der Waals surface area (Å²) in [6.45, 7) is 7.78. The molecule has 478 valence electrons. The zero-order valence-corrected chi connectivity index (χ0v) is 51.4. The number of nitrogens with zero attached hydrogens (tertiary/aromatic N) is 1. The van der Waals surface area contributed by atoms with E-state index in [2.05, 4.69) is 37.2 Å². The summed E-state index contributed by atoms with van der Waals surface area (Å²) in [5.74, 6) is -6.67. The van der Waals surface area contributed by atoms with E-state index in [0.717, 1.165) is 22.3 Å². The van der Waals surface area contributed by atoms with Crippen LogP contribution >= 0.6 is 0 Å². The van der Waals surface area contributed by atoms with Gasteiger partial charge in [-0.2, -0.15) is 0 Å². The molecule has 1 saturated heterocycles. The van der Waals surface area contributed by atoms with Crippen LogP contribution < -0.4 is 60.2 Å². The van der Waals surface area contributed by atoms with Crippen molar-refractivity contribution in [3.63, 3.8) is 0 Å². The summed E-state index contributed by atoms with van der Waals surface area (Å²) in [5.41, 5.74) is 25.7. The third-order valence-electron chi connectivity index (χ3n) is 15.6. The van der Waals surface area contributed by atoms with Crippen LogP contribution in [0.5, 0.6) is 0 Å². The van der Waals surface area contributed by atoms with Crippen LogP contribution in [-0.2, 0) is 68.8 Å². The predicted molar refractivity (Wildman–Crippen MR) is 337 cm³/mol. The van der Waals surface area contributed by atoms with Crippen molar-refractivity contribution in [1.82, 2.24) is 42.1 Å². The molecule has 0 unspecified atom stereocenters. The Hall–Kier alpha value is -8.05. The number of amides is 8. The van der Waals surface area contributed by atoms with Gasteiger partial charge in [0.25, 0.3) is 0 Å². The molecule has 1 heterocycles. The molecule has 4 aromatic rings. The summed E-state index contributed by atoms with van der Waals surface area (Å²) in [6.07, 6.45) is 2.50. The molecule has 0 bridgehead atoms. The molecule has 16 N–H and O–H groups in total. The van der Waals surface area contributed by atoms with Crippen molar-refractivity contribution >= 4 is 53.2 Å². The van der Waals surface area contributed by atoms with Gasteiger partial charge in [0.1, 0.15) is 41.8 Å². The van der Waals surface area contributed by atoms with E-state index >= 15 is 0 Å². The number of carboxylic acids is 1. The minimum absolute atomic E-state index is 0.0666. The Kier molecular flexibility index (Phi) is 29.2. The fourth-order valence-corrected chi connectivity index (χ4v) is 10.6. The Bertz CT molecular complexity index is 2860. The quantitative estimate of drug-likeness (QED) is 0.0291. The SMILES string of the molecule is CC(C)C[C@@H](NC(=O)[C@@H](Cc1ccccc1)NC(=O)[C@H](N)Cc1ccccc1)C(=O)N[C@H](CCCCN)C(=O)NC1(C(=O)O)CCN(C(=O)[C@@H](CCCCN)NC(=O)[C@@H](CC(C)C)NC(=O)[C@@H](Cc2ccccc2)NC(=O)[C@H](N)Cc2ccccc2)CC1. The third-order valence-corrected chi connectivity index (χ3v) is 15.6. The second-order valence-electron chi connectivity index (χ2n) is 23.9. The third kappa shape index (κ3) is 23.2. The number of carbonyl (C=O) groups is 9. The number of nitrogens with two attached hydrogens (primary N) is 4. The number of hydrogen-bond acceptors (Lipinski definition) is 13. The van der Waals surface area contributed by atoms with Crippen molar-refractivity contribution in [1.29, 1.82) is 0 Å². The highest BCUT2D eigenvalue weighted by molar-refractivity contribution is 5.97. The molecule has 0 radical (unpaired) electrons. The fraction of sp³-hybridized carbons (Fsp3) is 0.500. The molecule has 4 aromatic carbocycles. The van der Waals surface area contributed by atoms with Gasteiger partial charge in [0, 0.05) is 25.9 Å². The zero-order chi connectivity index (χ0) is 64.2. The van der Waals surface area contributed by atoms with Gasteiger partial charge in [-0.1, -0.05) is 149 Å². The topological polar surface area (TPSA) is 365 Å². The van der Waals surface area contributed by atoms with Crippen molar-refractivity contribution in [3.8, 4) is 0 Å². The highest BCUT2D eigenvalue weighted by Gasteiger charge is 2.46. The number of piperidine rings is 1. The molecule has 1 aliphatic heterocycles. The first-order chi connectivity index (χ1) is 42.1. The summed E-state index contributed by atoms with van der Waals surface area (Å²) >= 11 is 0. The lowest BCUT2D eigenvalue weighted by molar-refractivity contribution is -0.152. The average Bonchev–Trinajstić information content (AvgIpc) is 3.07. The van der Waals surface area contributed by atoms with Gasteiger partial charge in [0.15, 0.2) is 0 Å².